The van der Waals surface area contributed by atoms with Crippen LogP contribution in [-0.2, 0) is 0 Å². The molecular weight excluding hydrogens is 202 g/mol. The van der Waals surface area contributed by atoms with Crippen molar-refractivity contribution in [3.63, 3.8) is 0 Å². The first-order valence-electron chi connectivity index (χ1n) is 5.02. The third-order valence-electron chi connectivity index (χ3n) is 2.43. The van der Waals surface area contributed by atoms with E-state index in [-0.39, 0.29) is 0 Å². The Hall–Kier alpha value is -2.10. The predicted octanol–water partition coefficient (Wildman–Crippen LogP) is 1.59. The van der Waals surface area contributed by atoms with Crippen LogP contribution in [0.2, 0.25) is 0 Å². The van der Waals surface area contributed by atoms with Crippen molar-refractivity contribution in [2.24, 2.45) is 5.73 Å². The predicted molar refractivity (Wildman–Crippen MR) is 61.6 cm³/mol. The molecule has 0 aliphatic heterocycles. The molecule has 0 aliphatic carbocycles. The normalized spacial score (nSPS) is 10.4. The molecule has 0 aliphatic rings. The van der Waals surface area contributed by atoms with Crippen molar-refractivity contribution in [3.8, 4) is 5.69 Å². The first kappa shape index (κ1) is 10.4. The number of carbonyl (C=O) groups is 1. The highest BCUT2D eigenvalue weighted by Crippen LogP contribution is 2.15. The molecule has 82 valence electrons. The fourth-order valence-corrected chi connectivity index (χ4v) is 1.66. The fourth-order valence-electron chi connectivity index (χ4n) is 1.66. The SMILES string of the molecule is Cc1cc(C(N)=O)n(-c2ccccc2C)n1. The standard InChI is InChI=1S/C12H13N3O/c1-8-5-3-4-6-10(8)15-11(12(13)16)7-9(2)14-15/h3-7H,1-2H3,(H2,13,16). The summed E-state index contributed by atoms with van der Waals surface area (Å²) in [6.07, 6.45) is 0. The van der Waals surface area contributed by atoms with Gasteiger partial charge in [-0.25, -0.2) is 4.68 Å². The third-order valence-corrected chi connectivity index (χ3v) is 2.43. The van der Waals surface area contributed by atoms with Crippen LogP contribution in [0.4, 0.5) is 0 Å². The van der Waals surface area contributed by atoms with Crippen molar-refractivity contribution in [3.05, 3.63) is 47.3 Å². The molecule has 2 aromatic rings. The molecule has 2 rings (SSSR count). The number of hydrogen-bond acceptors (Lipinski definition) is 2. The van der Waals surface area contributed by atoms with Gasteiger partial charge >= 0.3 is 0 Å². The molecule has 0 saturated carbocycles. The van der Waals surface area contributed by atoms with Gasteiger partial charge in [-0.2, -0.15) is 5.10 Å². The minimum atomic E-state index is -0.469. The number of carbonyl (C=O) groups excluding carboxylic acids is 1. The van der Waals surface area contributed by atoms with Crippen LogP contribution < -0.4 is 5.73 Å². The second kappa shape index (κ2) is 3.81. The summed E-state index contributed by atoms with van der Waals surface area (Å²) in [7, 11) is 0. The van der Waals surface area contributed by atoms with Gasteiger partial charge in [-0.05, 0) is 31.5 Å². The van der Waals surface area contributed by atoms with E-state index in [1.807, 2.05) is 38.1 Å². The molecule has 0 atom stereocenters. The van der Waals surface area contributed by atoms with Gasteiger partial charge in [0.15, 0.2) is 0 Å². The van der Waals surface area contributed by atoms with E-state index in [0.29, 0.717) is 5.69 Å². The zero-order chi connectivity index (χ0) is 11.7. The minimum absolute atomic E-state index is 0.409. The first-order valence-corrected chi connectivity index (χ1v) is 5.02. The number of aromatic nitrogens is 2. The number of aryl methyl sites for hydroxylation is 2. The third kappa shape index (κ3) is 1.69. The molecule has 1 aromatic carbocycles. The molecule has 16 heavy (non-hydrogen) atoms. The van der Waals surface area contributed by atoms with Crippen LogP contribution in [0.25, 0.3) is 5.69 Å². The quantitative estimate of drug-likeness (QED) is 0.826. The molecule has 1 aromatic heterocycles. The van der Waals surface area contributed by atoms with Crippen LogP contribution in [0.15, 0.2) is 30.3 Å². The number of primary amides is 1. The second-order valence-corrected chi connectivity index (χ2v) is 3.73. The molecule has 4 nitrogen and oxygen atoms in total. The minimum Gasteiger partial charge on any atom is -0.364 e. The van der Waals surface area contributed by atoms with Crippen molar-refractivity contribution in [2.45, 2.75) is 13.8 Å². The molecule has 0 unspecified atom stereocenters. The van der Waals surface area contributed by atoms with Crippen molar-refractivity contribution >= 4 is 5.91 Å². The molecule has 1 heterocycles. The lowest BCUT2D eigenvalue weighted by Crippen LogP contribution is -2.17. The Morgan fingerprint density at radius 2 is 2.00 bits per heavy atom. The van der Waals surface area contributed by atoms with Gasteiger partial charge in [-0.15, -0.1) is 0 Å². The van der Waals surface area contributed by atoms with E-state index >= 15 is 0 Å². The van der Waals surface area contributed by atoms with Crippen molar-refractivity contribution in [2.75, 3.05) is 0 Å². The lowest BCUT2D eigenvalue weighted by atomic mass is 10.2. The fraction of sp³-hybridized carbons (Fsp3) is 0.167. The smallest absolute Gasteiger partial charge is 0.267 e. The Balaban J connectivity index is 2.64. The Kier molecular flexibility index (Phi) is 2.48. The van der Waals surface area contributed by atoms with Crippen molar-refractivity contribution < 1.29 is 4.79 Å². The monoisotopic (exact) mass is 215 g/mol. The van der Waals surface area contributed by atoms with Gasteiger partial charge in [0, 0.05) is 0 Å². The Morgan fingerprint density at radius 3 is 2.62 bits per heavy atom. The summed E-state index contributed by atoms with van der Waals surface area (Å²) in [6.45, 7) is 3.80. The maximum Gasteiger partial charge on any atom is 0.267 e. The Morgan fingerprint density at radius 1 is 1.31 bits per heavy atom. The van der Waals surface area contributed by atoms with E-state index in [1.54, 1.807) is 10.7 Å². The number of hydrogen-bond donors (Lipinski definition) is 1. The van der Waals surface area contributed by atoms with Crippen LogP contribution in [0.5, 0.6) is 0 Å². The zero-order valence-electron chi connectivity index (χ0n) is 9.27. The van der Waals surface area contributed by atoms with Crippen LogP contribution >= 0.6 is 0 Å². The number of benzene rings is 1. The summed E-state index contributed by atoms with van der Waals surface area (Å²) >= 11 is 0. The van der Waals surface area contributed by atoms with Crippen LogP contribution in [0.1, 0.15) is 21.7 Å². The van der Waals surface area contributed by atoms with Crippen molar-refractivity contribution in [1.29, 1.82) is 0 Å². The maximum absolute atomic E-state index is 11.3. The van der Waals surface area contributed by atoms with Gasteiger partial charge in [0.1, 0.15) is 5.69 Å². The number of para-hydroxylation sites is 1. The van der Waals surface area contributed by atoms with Gasteiger partial charge in [0.25, 0.3) is 5.91 Å². The van der Waals surface area contributed by atoms with Gasteiger partial charge < -0.3 is 5.73 Å². The van der Waals surface area contributed by atoms with E-state index in [1.165, 1.54) is 0 Å². The topological polar surface area (TPSA) is 60.9 Å². The number of nitrogens with two attached hydrogens (primary N) is 1. The highest BCUT2D eigenvalue weighted by atomic mass is 16.1. The van der Waals surface area contributed by atoms with Gasteiger partial charge in [-0.3, -0.25) is 4.79 Å². The number of rotatable bonds is 2. The van der Waals surface area contributed by atoms with E-state index < -0.39 is 5.91 Å². The number of nitrogens with zero attached hydrogens (tertiary/aromatic N) is 2. The molecule has 0 bridgehead atoms. The summed E-state index contributed by atoms with van der Waals surface area (Å²) in [6, 6.07) is 9.42. The summed E-state index contributed by atoms with van der Waals surface area (Å²) in [5.41, 5.74) is 8.43. The van der Waals surface area contributed by atoms with Crippen LogP contribution in [0.3, 0.4) is 0 Å². The van der Waals surface area contributed by atoms with E-state index in [0.717, 1.165) is 16.9 Å². The molecule has 0 spiro atoms. The summed E-state index contributed by atoms with van der Waals surface area (Å²) < 4.78 is 1.59. The van der Waals surface area contributed by atoms with Gasteiger partial charge in [0.2, 0.25) is 0 Å². The summed E-state index contributed by atoms with van der Waals surface area (Å²) in [4.78, 5) is 11.3. The lowest BCUT2D eigenvalue weighted by molar-refractivity contribution is 0.0993. The average Bonchev–Trinajstić information content (AvgIpc) is 2.61. The molecule has 4 heteroatoms. The largest absolute Gasteiger partial charge is 0.364 e. The molecule has 0 radical (unpaired) electrons. The molecular formula is C12H13N3O. The number of amides is 1. The van der Waals surface area contributed by atoms with Gasteiger partial charge in [0.05, 0.1) is 11.4 Å². The summed E-state index contributed by atoms with van der Waals surface area (Å²) in [5, 5.41) is 4.28. The zero-order valence-corrected chi connectivity index (χ0v) is 9.27. The van der Waals surface area contributed by atoms with Gasteiger partial charge in [-0.1, -0.05) is 18.2 Å². The van der Waals surface area contributed by atoms with E-state index in [9.17, 15) is 4.79 Å². The second-order valence-electron chi connectivity index (χ2n) is 3.73. The molecule has 0 fully saturated rings. The Labute approximate surface area is 93.7 Å². The molecule has 1 amide bonds. The molecule has 2 N–H and O–H groups in total. The van der Waals surface area contributed by atoms with Crippen molar-refractivity contribution in [1.82, 2.24) is 9.78 Å². The van der Waals surface area contributed by atoms with E-state index in [4.69, 9.17) is 5.73 Å². The van der Waals surface area contributed by atoms with Crippen LogP contribution in [0, 0.1) is 13.8 Å². The average molecular weight is 215 g/mol. The summed E-state index contributed by atoms with van der Waals surface area (Å²) in [5.74, 6) is -0.469. The molecule has 0 saturated heterocycles. The maximum atomic E-state index is 11.3. The highest BCUT2D eigenvalue weighted by Gasteiger charge is 2.13. The first-order chi connectivity index (χ1) is 7.59. The van der Waals surface area contributed by atoms with E-state index in [2.05, 4.69) is 5.10 Å². The van der Waals surface area contributed by atoms with Crippen LogP contribution in [-0.4, -0.2) is 15.7 Å². The lowest BCUT2D eigenvalue weighted by Gasteiger charge is -2.07. The Bertz CT molecular complexity index is 543. The highest BCUT2D eigenvalue weighted by molar-refractivity contribution is 5.91.